The van der Waals surface area contributed by atoms with Crippen molar-refractivity contribution in [2.24, 2.45) is 0 Å². The quantitative estimate of drug-likeness (QED) is 0.835. The molecular weight excluding hydrogens is 323 g/mol. The normalized spacial score (nSPS) is 14.3. The predicted molar refractivity (Wildman–Crippen MR) is 91.7 cm³/mol. The molecule has 1 aromatic heterocycles. The maximum Gasteiger partial charge on any atom is 0.270 e. The Balaban J connectivity index is 1.55. The van der Waals surface area contributed by atoms with E-state index in [0.29, 0.717) is 25.3 Å². The average molecular weight is 342 g/mol. The number of aromatic nitrogens is 1. The van der Waals surface area contributed by atoms with Crippen molar-refractivity contribution in [1.29, 1.82) is 0 Å². The highest BCUT2D eigenvalue weighted by Gasteiger charge is 2.16. The van der Waals surface area contributed by atoms with Gasteiger partial charge in [-0.2, -0.15) is 0 Å². The summed E-state index contributed by atoms with van der Waals surface area (Å²) in [5, 5.41) is 2.76. The Hall–Kier alpha value is -2.96. The van der Waals surface area contributed by atoms with Gasteiger partial charge >= 0.3 is 0 Å². The van der Waals surface area contributed by atoms with Crippen LogP contribution >= 0.6 is 0 Å². The molecule has 2 aromatic rings. The van der Waals surface area contributed by atoms with Gasteiger partial charge in [0.05, 0.1) is 11.9 Å². The Labute approximate surface area is 145 Å². The molecule has 6 nitrogen and oxygen atoms in total. The minimum atomic E-state index is -0.304. The molecule has 130 valence electrons. The van der Waals surface area contributed by atoms with E-state index < -0.39 is 0 Å². The first-order valence-corrected chi connectivity index (χ1v) is 8.09. The molecule has 0 saturated carbocycles. The highest BCUT2D eigenvalue weighted by molar-refractivity contribution is 5.92. The zero-order chi connectivity index (χ0) is 17.6. The minimum Gasteiger partial charge on any atom is -0.367 e. The maximum absolute atomic E-state index is 12.9. The summed E-state index contributed by atoms with van der Waals surface area (Å²) in [6.07, 6.45) is 2.54. The largest absolute Gasteiger partial charge is 0.367 e. The molecule has 0 spiro atoms. The molecule has 2 heterocycles. The second-order valence-electron chi connectivity index (χ2n) is 5.84. The molecule has 3 rings (SSSR count). The first-order chi connectivity index (χ1) is 12.2. The van der Waals surface area contributed by atoms with E-state index in [1.807, 2.05) is 6.07 Å². The van der Waals surface area contributed by atoms with Crippen molar-refractivity contribution in [3.8, 4) is 0 Å². The van der Waals surface area contributed by atoms with Crippen LogP contribution in [-0.4, -0.2) is 48.4 Å². The van der Waals surface area contributed by atoms with E-state index in [0.717, 1.165) is 30.8 Å². The van der Waals surface area contributed by atoms with Gasteiger partial charge in [-0.1, -0.05) is 12.1 Å². The van der Waals surface area contributed by atoms with Gasteiger partial charge in [0.2, 0.25) is 6.41 Å². The molecule has 0 radical (unpaired) electrons. The number of carbonyl (C=O) groups is 2. The molecule has 1 aliphatic rings. The molecule has 0 bridgehead atoms. The zero-order valence-corrected chi connectivity index (χ0v) is 13.7. The highest BCUT2D eigenvalue weighted by atomic mass is 19.1. The van der Waals surface area contributed by atoms with Gasteiger partial charge in [0.15, 0.2) is 0 Å². The van der Waals surface area contributed by atoms with Crippen LogP contribution in [-0.2, 0) is 11.3 Å². The summed E-state index contributed by atoms with van der Waals surface area (Å²) in [6.45, 7) is 3.18. The van der Waals surface area contributed by atoms with Crippen LogP contribution in [0.25, 0.3) is 0 Å². The van der Waals surface area contributed by atoms with Crippen LogP contribution in [0.15, 0.2) is 42.6 Å². The fourth-order valence-electron chi connectivity index (χ4n) is 2.67. The van der Waals surface area contributed by atoms with Crippen molar-refractivity contribution < 1.29 is 14.0 Å². The maximum atomic E-state index is 12.9. The van der Waals surface area contributed by atoms with Crippen molar-refractivity contribution >= 4 is 18.0 Å². The summed E-state index contributed by atoms with van der Waals surface area (Å²) >= 11 is 0. The molecule has 0 unspecified atom stereocenters. The first kappa shape index (κ1) is 16.9. The summed E-state index contributed by atoms with van der Waals surface area (Å²) in [4.78, 5) is 31.0. The Morgan fingerprint density at radius 1 is 1.12 bits per heavy atom. The molecule has 2 amide bonds. The summed E-state index contributed by atoms with van der Waals surface area (Å²) in [5.41, 5.74) is 2.08. The van der Waals surface area contributed by atoms with Crippen LogP contribution in [0.2, 0.25) is 0 Å². The molecule has 1 saturated heterocycles. The van der Waals surface area contributed by atoms with Gasteiger partial charge in [0, 0.05) is 32.7 Å². The number of hydrogen-bond donors (Lipinski definition) is 1. The number of nitrogens with one attached hydrogen (secondary N) is 1. The number of halogens is 1. The van der Waals surface area contributed by atoms with Gasteiger partial charge in [-0.05, 0) is 29.8 Å². The van der Waals surface area contributed by atoms with E-state index in [4.69, 9.17) is 0 Å². The van der Waals surface area contributed by atoms with Crippen molar-refractivity contribution in [3.05, 3.63) is 59.7 Å². The van der Waals surface area contributed by atoms with E-state index in [9.17, 15) is 14.0 Å². The Morgan fingerprint density at radius 2 is 1.84 bits per heavy atom. The third-order valence-corrected chi connectivity index (χ3v) is 4.18. The lowest BCUT2D eigenvalue weighted by atomic mass is 10.2. The lowest BCUT2D eigenvalue weighted by Crippen LogP contribution is -2.45. The van der Waals surface area contributed by atoms with E-state index in [1.54, 1.807) is 29.3 Å². The van der Waals surface area contributed by atoms with Crippen LogP contribution in [0.5, 0.6) is 0 Å². The molecule has 0 aliphatic carbocycles. The van der Waals surface area contributed by atoms with Crippen molar-refractivity contribution in [1.82, 2.24) is 15.2 Å². The Kier molecular flexibility index (Phi) is 5.23. The molecular formula is C18H19FN4O2. The smallest absolute Gasteiger partial charge is 0.270 e. The molecule has 25 heavy (non-hydrogen) atoms. The number of rotatable bonds is 5. The van der Waals surface area contributed by atoms with Crippen LogP contribution in [0.4, 0.5) is 10.1 Å². The van der Waals surface area contributed by atoms with Crippen LogP contribution < -0.4 is 10.2 Å². The van der Waals surface area contributed by atoms with Crippen molar-refractivity contribution in [2.75, 3.05) is 31.1 Å². The first-order valence-electron chi connectivity index (χ1n) is 8.09. The van der Waals surface area contributed by atoms with Crippen molar-refractivity contribution in [2.45, 2.75) is 6.54 Å². The number of anilines is 1. The van der Waals surface area contributed by atoms with Crippen molar-refractivity contribution in [3.63, 3.8) is 0 Å². The lowest BCUT2D eigenvalue weighted by Gasteiger charge is -2.33. The molecule has 1 aliphatic heterocycles. The summed E-state index contributed by atoms with van der Waals surface area (Å²) in [5.74, 6) is -0.581. The monoisotopic (exact) mass is 342 g/mol. The second kappa shape index (κ2) is 7.74. The van der Waals surface area contributed by atoms with E-state index >= 15 is 0 Å². The average Bonchev–Trinajstić information content (AvgIpc) is 2.67. The third-order valence-electron chi connectivity index (χ3n) is 4.18. The van der Waals surface area contributed by atoms with Gasteiger partial charge in [-0.3, -0.25) is 9.59 Å². The van der Waals surface area contributed by atoms with Gasteiger partial charge in [-0.25, -0.2) is 9.37 Å². The zero-order valence-electron chi connectivity index (χ0n) is 13.7. The van der Waals surface area contributed by atoms with Crippen LogP contribution in [0.1, 0.15) is 16.1 Å². The summed E-state index contributed by atoms with van der Waals surface area (Å²) in [6, 6.07) is 9.52. The van der Waals surface area contributed by atoms with Gasteiger partial charge < -0.3 is 15.1 Å². The van der Waals surface area contributed by atoms with E-state index in [1.165, 1.54) is 12.1 Å². The topological polar surface area (TPSA) is 65.5 Å². The highest BCUT2D eigenvalue weighted by Crippen LogP contribution is 2.15. The number of benzene rings is 1. The molecule has 1 N–H and O–H groups in total. The lowest BCUT2D eigenvalue weighted by molar-refractivity contribution is -0.118. The standard InChI is InChI=1S/C18H19FN4O2/c19-15-3-1-14(2-4-15)11-21-18(25)17-6-5-16(12-20-17)23-9-7-22(13-24)8-10-23/h1-6,12-13H,7-11H2,(H,21,25). The number of hydrogen-bond acceptors (Lipinski definition) is 4. The van der Waals surface area contributed by atoms with Gasteiger partial charge in [0.25, 0.3) is 5.91 Å². The minimum absolute atomic E-state index is 0.276. The molecule has 0 atom stereocenters. The SMILES string of the molecule is O=CN1CCN(c2ccc(C(=O)NCc3ccc(F)cc3)nc2)CC1. The predicted octanol–water partition coefficient (Wildman–Crippen LogP) is 1.43. The second-order valence-corrected chi connectivity index (χ2v) is 5.84. The van der Waals surface area contributed by atoms with Crippen LogP contribution in [0, 0.1) is 5.82 Å². The van der Waals surface area contributed by atoms with E-state index in [-0.39, 0.29) is 11.7 Å². The number of piperazine rings is 1. The molecule has 1 fully saturated rings. The summed E-state index contributed by atoms with van der Waals surface area (Å²) in [7, 11) is 0. The number of carbonyl (C=O) groups excluding carboxylic acids is 2. The molecule has 7 heteroatoms. The molecule has 1 aromatic carbocycles. The van der Waals surface area contributed by atoms with E-state index in [2.05, 4.69) is 15.2 Å². The fraction of sp³-hybridized carbons (Fsp3) is 0.278. The third kappa shape index (κ3) is 4.32. The fourth-order valence-corrected chi connectivity index (χ4v) is 2.67. The Bertz CT molecular complexity index is 726. The number of nitrogens with zero attached hydrogens (tertiary/aromatic N) is 3. The Morgan fingerprint density at radius 3 is 2.44 bits per heavy atom. The van der Waals surface area contributed by atoms with Crippen LogP contribution in [0.3, 0.4) is 0 Å². The number of amides is 2. The van der Waals surface area contributed by atoms with Gasteiger partial charge in [-0.15, -0.1) is 0 Å². The van der Waals surface area contributed by atoms with Gasteiger partial charge in [0.1, 0.15) is 11.5 Å². The number of pyridine rings is 1. The summed E-state index contributed by atoms with van der Waals surface area (Å²) < 4.78 is 12.9.